The van der Waals surface area contributed by atoms with Gasteiger partial charge < -0.3 is 4.74 Å². The zero-order valence-corrected chi connectivity index (χ0v) is 15.0. The number of ketones is 1. The molecule has 0 bridgehead atoms. The van der Waals surface area contributed by atoms with Crippen molar-refractivity contribution in [2.24, 2.45) is 0 Å². The summed E-state index contributed by atoms with van der Waals surface area (Å²) in [7, 11) is 0. The second-order valence-electron chi connectivity index (χ2n) is 6.10. The van der Waals surface area contributed by atoms with Gasteiger partial charge in [0.1, 0.15) is 5.60 Å². The molecule has 0 aromatic carbocycles. The second-order valence-corrected chi connectivity index (χ2v) is 7.17. The molecule has 1 saturated heterocycles. The van der Waals surface area contributed by atoms with Crippen molar-refractivity contribution in [3.63, 3.8) is 0 Å². The van der Waals surface area contributed by atoms with Crippen LogP contribution in [0.3, 0.4) is 0 Å². The van der Waals surface area contributed by atoms with Crippen LogP contribution >= 0.6 is 11.8 Å². The van der Waals surface area contributed by atoms with Crippen LogP contribution in [0.25, 0.3) is 5.78 Å². The number of carbonyl (C=O) groups excluding carboxylic acids is 2. The predicted molar refractivity (Wildman–Crippen MR) is 88.9 cm³/mol. The smallest absolute Gasteiger partial charge is 0.327 e. The van der Waals surface area contributed by atoms with Gasteiger partial charge in [0.2, 0.25) is 5.16 Å². The first-order valence-corrected chi connectivity index (χ1v) is 8.88. The summed E-state index contributed by atoms with van der Waals surface area (Å²) in [5.41, 5.74) is 1.07. The fourth-order valence-electron chi connectivity index (χ4n) is 2.91. The van der Waals surface area contributed by atoms with E-state index in [1.54, 1.807) is 4.52 Å². The Bertz CT molecular complexity index is 793. The molecule has 1 atom stereocenters. The highest BCUT2D eigenvalue weighted by molar-refractivity contribution is 8.01. The van der Waals surface area contributed by atoms with Gasteiger partial charge in [-0.2, -0.15) is 4.98 Å². The highest BCUT2D eigenvalue weighted by Gasteiger charge is 2.45. The van der Waals surface area contributed by atoms with Gasteiger partial charge >= 0.3 is 5.97 Å². The maximum absolute atomic E-state index is 12.5. The van der Waals surface area contributed by atoms with Crippen molar-refractivity contribution in [1.82, 2.24) is 19.6 Å². The van der Waals surface area contributed by atoms with E-state index in [1.165, 1.54) is 0 Å². The van der Waals surface area contributed by atoms with Crippen molar-refractivity contribution >= 4 is 29.3 Å². The van der Waals surface area contributed by atoms with Crippen molar-refractivity contribution < 1.29 is 14.3 Å². The largest absolute Gasteiger partial charge is 0.457 e. The number of Topliss-reactive ketones (excluding diaryl/α,β-unsaturated/α-hetero) is 1. The molecule has 0 amide bonds. The molecule has 1 unspecified atom stereocenters. The Morgan fingerprint density at radius 1 is 1.29 bits per heavy atom. The van der Waals surface area contributed by atoms with E-state index < -0.39 is 16.8 Å². The molecule has 0 N–H and O–H groups in total. The molecule has 0 aliphatic carbocycles. The van der Waals surface area contributed by atoms with Crippen molar-refractivity contribution in [3.05, 3.63) is 17.5 Å². The van der Waals surface area contributed by atoms with E-state index in [4.69, 9.17) is 4.74 Å². The Labute approximate surface area is 144 Å². The number of thioether (sulfide) groups is 1. The lowest BCUT2D eigenvalue weighted by molar-refractivity contribution is -0.170. The van der Waals surface area contributed by atoms with Gasteiger partial charge in [-0.05, 0) is 32.8 Å². The lowest BCUT2D eigenvalue weighted by Gasteiger charge is -2.36. The number of fused-ring (bicyclic) bond motifs is 1. The quantitative estimate of drug-likeness (QED) is 0.619. The third-order valence-corrected chi connectivity index (χ3v) is 5.51. The fraction of sp³-hybridized carbons (Fsp3) is 0.562. The number of hydrogen-bond acceptors (Lipinski definition) is 7. The molecule has 8 heteroatoms. The summed E-state index contributed by atoms with van der Waals surface area (Å²) in [5.74, 6) is -0.164. The molecule has 0 spiro atoms. The zero-order chi connectivity index (χ0) is 17.5. The minimum Gasteiger partial charge on any atom is -0.457 e. The van der Waals surface area contributed by atoms with Gasteiger partial charge in [-0.25, -0.2) is 9.50 Å². The topological polar surface area (TPSA) is 86.5 Å². The van der Waals surface area contributed by atoms with Gasteiger partial charge in [0.15, 0.2) is 11.0 Å². The minimum absolute atomic E-state index is 0.125. The second kappa shape index (κ2) is 6.16. The fourth-order valence-corrected chi connectivity index (χ4v) is 3.74. The van der Waals surface area contributed by atoms with E-state index in [9.17, 15) is 9.59 Å². The molecular formula is C16H20N4O3S. The molecule has 7 nitrogen and oxygen atoms in total. The Morgan fingerprint density at radius 3 is 2.62 bits per heavy atom. The number of aromatic nitrogens is 4. The van der Waals surface area contributed by atoms with Gasteiger partial charge in [-0.1, -0.05) is 25.6 Å². The summed E-state index contributed by atoms with van der Waals surface area (Å²) in [6.07, 6.45) is 1.51. The molecule has 2 aromatic rings. The summed E-state index contributed by atoms with van der Waals surface area (Å²) in [6.45, 7) is 7.64. The normalized spacial score (nSPS) is 20.4. The molecule has 1 fully saturated rings. The average molecular weight is 348 g/mol. The molecule has 0 radical (unpaired) electrons. The van der Waals surface area contributed by atoms with E-state index >= 15 is 0 Å². The first kappa shape index (κ1) is 16.9. The highest BCUT2D eigenvalue weighted by Crippen LogP contribution is 2.35. The maximum atomic E-state index is 12.5. The third kappa shape index (κ3) is 2.90. The summed E-state index contributed by atoms with van der Waals surface area (Å²) >= 11 is 1.04. The Morgan fingerprint density at radius 2 is 2.00 bits per heavy atom. The van der Waals surface area contributed by atoms with E-state index in [0.717, 1.165) is 23.1 Å². The van der Waals surface area contributed by atoms with Gasteiger partial charge in [0.05, 0.1) is 0 Å². The van der Waals surface area contributed by atoms with Crippen LogP contribution in [0.5, 0.6) is 0 Å². The van der Waals surface area contributed by atoms with Crippen molar-refractivity contribution in [2.75, 3.05) is 0 Å². The third-order valence-electron chi connectivity index (χ3n) is 4.43. The summed E-state index contributed by atoms with van der Waals surface area (Å²) < 4.78 is 7.19. The van der Waals surface area contributed by atoms with Crippen molar-refractivity contribution in [3.8, 4) is 0 Å². The molecule has 128 valence electrons. The maximum Gasteiger partial charge on any atom is 0.327 e. The monoisotopic (exact) mass is 348 g/mol. The molecule has 24 heavy (non-hydrogen) atoms. The van der Waals surface area contributed by atoms with Crippen LogP contribution in [-0.2, 0) is 14.3 Å². The van der Waals surface area contributed by atoms with Crippen LogP contribution in [0.4, 0.5) is 0 Å². The lowest BCUT2D eigenvalue weighted by Crippen LogP contribution is -2.48. The first-order chi connectivity index (χ1) is 11.4. The minimum atomic E-state index is -0.907. The van der Waals surface area contributed by atoms with Crippen LogP contribution in [0.2, 0.25) is 0 Å². The molecule has 1 aliphatic rings. The zero-order valence-electron chi connectivity index (χ0n) is 14.2. The molecule has 2 aromatic heterocycles. The predicted octanol–water partition coefficient (Wildman–Crippen LogP) is 2.28. The van der Waals surface area contributed by atoms with Gasteiger partial charge in [0.25, 0.3) is 5.78 Å². The van der Waals surface area contributed by atoms with Crippen LogP contribution in [0, 0.1) is 13.8 Å². The van der Waals surface area contributed by atoms with Crippen molar-refractivity contribution in [2.45, 2.75) is 63.0 Å². The standard InChI is InChI=1S/C16H20N4O3S/c1-5-16(6-2)8-11(21)12(13(22)23-16)24-15-18-14-17-9(3)7-10(4)20(14)19-15/h7,12H,5-6,8H2,1-4H3. The van der Waals surface area contributed by atoms with Gasteiger partial charge in [0, 0.05) is 17.8 Å². The molecule has 0 saturated carbocycles. The SMILES string of the molecule is CCC1(CC)CC(=O)C(Sc2nc3nc(C)cc(C)n3n2)C(=O)O1. The van der Waals surface area contributed by atoms with Crippen molar-refractivity contribution in [1.29, 1.82) is 0 Å². The first-order valence-electron chi connectivity index (χ1n) is 8.00. The summed E-state index contributed by atoms with van der Waals surface area (Å²) in [6, 6.07) is 1.90. The van der Waals surface area contributed by atoms with E-state index in [0.29, 0.717) is 23.8 Å². The van der Waals surface area contributed by atoms with Gasteiger partial charge in [-0.15, -0.1) is 5.10 Å². The summed E-state index contributed by atoms with van der Waals surface area (Å²) in [4.78, 5) is 33.4. The Balaban J connectivity index is 1.85. The Kier molecular flexibility index (Phi) is 4.33. The average Bonchev–Trinajstić information content (AvgIpc) is 2.93. The molecule has 3 rings (SSSR count). The van der Waals surface area contributed by atoms with Crippen LogP contribution in [0.15, 0.2) is 11.2 Å². The number of esters is 1. The summed E-state index contributed by atoms with van der Waals surface area (Å²) in [5, 5.41) is 3.79. The lowest BCUT2D eigenvalue weighted by atomic mass is 9.88. The number of aryl methyl sites for hydroxylation is 2. The Hall–Kier alpha value is -1.96. The van der Waals surface area contributed by atoms with Crippen LogP contribution in [-0.4, -0.2) is 42.2 Å². The van der Waals surface area contributed by atoms with E-state index in [2.05, 4.69) is 15.1 Å². The van der Waals surface area contributed by atoms with E-state index in [1.807, 2.05) is 33.8 Å². The number of nitrogens with zero attached hydrogens (tertiary/aromatic N) is 4. The van der Waals surface area contributed by atoms with Crippen LogP contribution < -0.4 is 0 Å². The number of ether oxygens (including phenoxy) is 1. The number of cyclic esters (lactones) is 1. The highest BCUT2D eigenvalue weighted by atomic mass is 32.2. The number of carbonyl (C=O) groups is 2. The molecule has 1 aliphatic heterocycles. The number of rotatable bonds is 4. The van der Waals surface area contributed by atoms with E-state index in [-0.39, 0.29) is 12.2 Å². The molecular weight excluding hydrogens is 328 g/mol. The molecule has 3 heterocycles. The number of hydrogen-bond donors (Lipinski definition) is 0. The van der Waals surface area contributed by atoms with Gasteiger partial charge in [-0.3, -0.25) is 9.59 Å². The van der Waals surface area contributed by atoms with Crippen LogP contribution in [0.1, 0.15) is 44.5 Å².